The van der Waals surface area contributed by atoms with E-state index in [2.05, 4.69) is 9.72 Å². The van der Waals surface area contributed by atoms with Gasteiger partial charge in [0.25, 0.3) is 0 Å². The molecule has 24 heavy (non-hydrogen) atoms. The van der Waals surface area contributed by atoms with Gasteiger partial charge in [-0.1, -0.05) is 23.8 Å². The SMILES string of the molecule is COc1cccc(-c2nc(-c3cc(C)ccc3OC(F)F)cs2)c1. The van der Waals surface area contributed by atoms with E-state index >= 15 is 0 Å². The zero-order valence-electron chi connectivity index (χ0n) is 13.1. The van der Waals surface area contributed by atoms with Crippen LogP contribution in [0.3, 0.4) is 0 Å². The van der Waals surface area contributed by atoms with Gasteiger partial charge in [0, 0.05) is 16.5 Å². The van der Waals surface area contributed by atoms with Gasteiger partial charge in [-0.2, -0.15) is 8.78 Å². The highest BCUT2D eigenvalue weighted by Crippen LogP contribution is 2.35. The quantitative estimate of drug-likeness (QED) is 0.619. The van der Waals surface area contributed by atoms with Crippen molar-refractivity contribution in [3.05, 3.63) is 53.4 Å². The Labute approximate surface area is 142 Å². The minimum Gasteiger partial charge on any atom is -0.497 e. The fraction of sp³-hybridized carbons (Fsp3) is 0.167. The maximum absolute atomic E-state index is 12.6. The zero-order valence-corrected chi connectivity index (χ0v) is 13.9. The van der Waals surface area contributed by atoms with E-state index in [1.807, 2.05) is 36.6 Å². The second-order valence-electron chi connectivity index (χ2n) is 5.15. The lowest BCUT2D eigenvalue weighted by molar-refractivity contribution is -0.0494. The first-order valence-corrected chi connectivity index (χ1v) is 8.10. The topological polar surface area (TPSA) is 31.4 Å². The highest BCUT2D eigenvalue weighted by atomic mass is 32.1. The molecule has 0 fully saturated rings. The molecule has 2 aromatic carbocycles. The van der Waals surface area contributed by atoms with Crippen molar-refractivity contribution in [1.29, 1.82) is 0 Å². The first-order chi connectivity index (χ1) is 11.6. The van der Waals surface area contributed by atoms with Gasteiger partial charge >= 0.3 is 6.61 Å². The summed E-state index contributed by atoms with van der Waals surface area (Å²) >= 11 is 1.44. The van der Waals surface area contributed by atoms with E-state index in [1.165, 1.54) is 11.3 Å². The molecule has 0 saturated carbocycles. The van der Waals surface area contributed by atoms with Gasteiger partial charge in [-0.15, -0.1) is 11.3 Å². The number of ether oxygens (including phenoxy) is 2. The molecule has 0 spiro atoms. The summed E-state index contributed by atoms with van der Waals surface area (Å²) in [7, 11) is 1.60. The van der Waals surface area contributed by atoms with Crippen molar-refractivity contribution in [3.8, 4) is 33.3 Å². The number of benzene rings is 2. The minimum absolute atomic E-state index is 0.123. The fourth-order valence-electron chi connectivity index (χ4n) is 2.33. The van der Waals surface area contributed by atoms with Crippen LogP contribution in [0.15, 0.2) is 47.8 Å². The van der Waals surface area contributed by atoms with Gasteiger partial charge in [-0.3, -0.25) is 0 Å². The summed E-state index contributed by atoms with van der Waals surface area (Å²) in [5.74, 6) is 0.861. The van der Waals surface area contributed by atoms with Crippen molar-refractivity contribution in [2.75, 3.05) is 7.11 Å². The molecule has 1 aromatic heterocycles. The van der Waals surface area contributed by atoms with Crippen molar-refractivity contribution >= 4 is 11.3 Å². The Morgan fingerprint density at radius 2 is 1.96 bits per heavy atom. The maximum Gasteiger partial charge on any atom is 0.387 e. The number of nitrogens with zero attached hydrogens (tertiary/aromatic N) is 1. The highest BCUT2D eigenvalue weighted by molar-refractivity contribution is 7.13. The summed E-state index contributed by atoms with van der Waals surface area (Å²) in [6.07, 6.45) is 0. The van der Waals surface area contributed by atoms with E-state index in [0.717, 1.165) is 21.9 Å². The number of aryl methyl sites for hydroxylation is 1. The molecule has 0 aliphatic rings. The first kappa shape index (κ1) is 16.4. The Balaban J connectivity index is 2.00. The average Bonchev–Trinajstić information content (AvgIpc) is 3.06. The zero-order chi connectivity index (χ0) is 17.1. The largest absolute Gasteiger partial charge is 0.497 e. The molecule has 124 valence electrons. The van der Waals surface area contributed by atoms with E-state index in [-0.39, 0.29) is 5.75 Å². The third-order valence-corrected chi connectivity index (χ3v) is 4.34. The van der Waals surface area contributed by atoms with Gasteiger partial charge in [0.15, 0.2) is 0 Å². The van der Waals surface area contributed by atoms with E-state index in [9.17, 15) is 8.78 Å². The molecule has 3 nitrogen and oxygen atoms in total. The predicted molar refractivity (Wildman–Crippen MR) is 90.9 cm³/mol. The fourth-order valence-corrected chi connectivity index (χ4v) is 3.15. The Bertz CT molecular complexity index is 849. The van der Waals surface area contributed by atoms with Gasteiger partial charge in [-0.25, -0.2) is 4.98 Å². The summed E-state index contributed by atoms with van der Waals surface area (Å²) in [5.41, 5.74) is 3.02. The highest BCUT2D eigenvalue weighted by Gasteiger charge is 2.15. The smallest absolute Gasteiger partial charge is 0.387 e. The molecule has 0 unspecified atom stereocenters. The second-order valence-corrected chi connectivity index (χ2v) is 6.01. The third-order valence-electron chi connectivity index (χ3n) is 3.45. The Morgan fingerprint density at radius 3 is 2.71 bits per heavy atom. The Kier molecular flexibility index (Phi) is 4.76. The van der Waals surface area contributed by atoms with Crippen molar-refractivity contribution < 1.29 is 18.3 Å². The lowest BCUT2D eigenvalue weighted by atomic mass is 10.1. The summed E-state index contributed by atoms with van der Waals surface area (Å²) in [5, 5.41) is 2.62. The molecule has 6 heteroatoms. The molecule has 0 N–H and O–H groups in total. The molecule has 0 atom stereocenters. The molecule has 3 rings (SSSR count). The van der Waals surface area contributed by atoms with Gasteiger partial charge in [0.05, 0.1) is 12.8 Å². The van der Waals surface area contributed by atoms with E-state index in [4.69, 9.17) is 4.74 Å². The number of thiazole rings is 1. The minimum atomic E-state index is -2.87. The molecule has 0 saturated heterocycles. The van der Waals surface area contributed by atoms with E-state index in [1.54, 1.807) is 25.3 Å². The number of methoxy groups -OCH3 is 1. The van der Waals surface area contributed by atoms with Crippen LogP contribution >= 0.6 is 11.3 Å². The standard InChI is InChI=1S/C18H15F2NO2S/c1-11-6-7-16(23-18(19)20)14(8-11)15-10-24-17(21-15)12-4-3-5-13(9-12)22-2/h3-10,18H,1-2H3. The molecular weight excluding hydrogens is 332 g/mol. The number of hydrogen-bond donors (Lipinski definition) is 0. The van der Waals surface area contributed by atoms with E-state index < -0.39 is 6.61 Å². The van der Waals surface area contributed by atoms with Crippen LogP contribution in [-0.2, 0) is 0 Å². The average molecular weight is 347 g/mol. The first-order valence-electron chi connectivity index (χ1n) is 7.22. The molecule has 1 heterocycles. The van der Waals surface area contributed by atoms with Crippen molar-refractivity contribution in [2.24, 2.45) is 0 Å². The molecule has 3 aromatic rings. The second kappa shape index (κ2) is 6.97. The molecule has 0 aliphatic heterocycles. The molecular formula is C18H15F2NO2S. The van der Waals surface area contributed by atoms with Crippen LogP contribution < -0.4 is 9.47 Å². The van der Waals surface area contributed by atoms with Crippen LogP contribution in [-0.4, -0.2) is 18.7 Å². The number of rotatable bonds is 5. The van der Waals surface area contributed by atoms with Crippen molar-refractivity contribution in [3.63, 3.8) is 0 Å². The predicted octanol–water partition coefficient (Wildman–Crippen LogP) is 5.40. The normalized spacial score (nSPS) is 10.9. The van der Waals surface area contributed by atoms with Crippen molar-refractivity contribution in [2.45, 2.75) is 13.5 Å². The lowest BCUT2D eigenvalue weighted by Gasteiger charge is -2.10. The van der Waals surface area contributed by atoms with Gasteiger partial charge in [-0.05, 0) is 31.2 Å². The molecule has 0 amide bonds. The van der Waals surface area contributed by atoms with E-state index in [0.29, 0.717) is 11.3 Å². The summed E-state index contributed by atoms with van der Waals surface area (Å²) in [6.45, 7) is -0.978. The third kappa shape index (κ3) is 3.54. The molecule has 0 bridgehead atoms. The number of halogens is 2. The summed E-state index contributed by atoms with van der Waals surface area (Å²) in [6, 6.07) is 12.6. The van der Waals surface area contributed by atoms with Gasteiger partial charge in [0.1, 0.15) is 16.5 Å². The number of hydrogen-bond acceptors (Lipinski definition) is 4. The monoisotopic (exact) mass is 347 g/mol. The number of alkyl halides is 2. The summed E-state index contributed by atoms with van der Waals surface area (Å²) in [4.78, 5) is 4.57. The Morgan fingerprint density at radius 1 is 1.12 bits per heavy atom. The van der Waals surface area contributed by atoms with Gasteiger partial charge in [0.2, 0.25) is 0 Å². The van der Waals surface area contributed by atoms with Crippen LogP contribution in [0.1, 0.15) is 5.56 Å². The maximum atomic E-state index is 12.6. The van der Waals surface area contributed by atoms with Gasteiger partial charge < -0.3 is 9.47 Å². The van der Waals surface area contributed by atoms with Crippen LogP contribution in [0.4, 0.5) is 8.78 Å². The van der Waals surface area contributed by atoms with Crippen LogP contribution in [0.5, 0.6) is 11.5 Å². The number of aromatic nitrogens is 1. The lowest BCUT2D eigenvalue weighted by Crippen LogP contribution is -2.03. The van der Waals surface area contributed by atoms with Crippen LogP contribution in [0, 0.1) is 6.92 Å². The van der Waals surface area contributed by atoms with Crippen LogP contribution in [0.25, 0.3) is 21.8 Å². The Hall–Kier alpha value is -2.47. The molecule has 0 aliphatic carbocycles. The molecule has 0 radical (unpaired) electrons. The van der Waals surface area contributed by atoms with Crippen molar-refractivity contribution in [1.82, 2.24) is 4.98 Å². The summed E-state index contributed by atoms with van der Waals surface area (Å²) < 4.78 is 35.1. The van der Waals surface area contributed by atoms with Crippen LogP contribution in [0.2, 0.25) is 0 Å².